The average molecular weight is 855 g/mol. The number of allylic oxidation sites excluding steroid dienone is 4. The molecule has 0 atom stereocenters. The van der Waals surface area contributed by atoms with E-state index in [9.17, 15) is 0 Å². The van der Waals surface area contributed by atoms with Crippen LogP contribution in [-0.4, -0.2) is 25.6 Å². The molecule has 0 saturated carbocycles. The maximum atomic E-state index is 6.18. The van der Waals surface area contributed by atoms with E-state index in [1.54, 1.807) is 14.2 Å². The third kappa shape index (κ3) is 7.92. The molecule has 310 valence electrons. The second-order valence-electron chi connectivity index (χ2n) is 17.7. The van der Waals surface area contributed by atoms with Gasteiger partial charge in [0.05, 0.1) is 37.1 Å². The minimum Gasteiger partial charge on any atom is -0.657 e. The van der Waals surface area contributed by atoms with Crippen LogP contribution in [0.1, 0.15) is 86.1 Å². The van der Waals surface area contributed by atoms with Gasteiger partial charge in [0, 0.05) is 11.4 Å². The van der Waals surface area contributed by atoms with Crippen molar-refractivity contribution in [3.63, 3.8) is 0 Å². The molecule has 5 nitrogen and oxygen atoms in total. The van der Waals surface area contributed by atoms with Crippen LogP contribution in [0.5, 0.6) is 11.5 Å². The Labute approximate surface area is 375 Å². The Balaban J connectivity index is 0.00000529. The zero-order valence-corrected chi connectivity index (χ0v) is 37.4. The summed E-state index contributed by atoms with van der Waals surface area (Å²) in [4.78, 5) is 16.4. The van der Waals surface area contributed by atoms with Gasteiger partial charge in [-0.2, -0.15) is 0 Å². The van der Waals surface area contributed by atoms with Crippen LogP contribution in [0.2, 0.25) is 0 Å². The van der Waals surface area contributed by atoms with Crippen LogP contribution in [0.15, 0.2) is 173 Å². The van der Waals surface area contributed by atoms with E-state index in [1.807, 2.05) is 42.5 Å². The summed E-state index contributed by atoms with van der Waals surface area (Å²) in [5, 5.41) is 1.67. The number of aromatic nitrogens is 1. The number of hydrogen-bond acceptors (Lipinski definition) is 4. The van der Waals surface area contributed by atoms with Gasteiger partial charge in [0.1, 0.15) is 0 Å². The minimum absolute atomic E-state index is 0. The number of hydrogen-bond donors (Lipinski definition) is 0. The predicted molar refractivity (Wildman–Crippen MR) is 251 cm³/mol. The summed E-state index contributed by atoms with van der Waals surface area (Å²) >= 11 is 0. The SMILES string of the molecule is COc1cc(OC)c2[c-]c1C(c1ccccc1)=C1C=CC(=N1)C(c1ccc(C(C)(C)C)cc1)=c1ccc([n-]1)=C(c1ccc(C(C)(C)C)cc1)C1=NC(=C2c2ccccc2)C=C1.[Ni+2]. The van der Waals surface area contributed by atoms with Crippen molar-refractivity contribution >= 4 is 33.7 Å². The predicted octanol–water partition coefficient (Wildman–Crippen LogP) is 10.7. The molecule has 9 rings (SSSR count). The molecule has 0 saturated heterocycles. The van der Waals surface area contributed by atoms with E-state index in [0.717, 1.165) is 89.2 Å². The number of fused-ring (bicyclic) bond motifs is 6. The molecule has 6 aromatic rings. The van der Waals surface area contributed by atoms with Crippen molar-refractivity contribution in [2.45, 2.75) is 52.4 Å². The third-order valence-corrected chi connectivity index (χ3v) is 11.6. The van der Waals surface area contributed by atoms with Crippen LogP contribution < -0.4 is 25.2 Å². The molecular weight excluding hydrogens is 805 g/mol. The van der Waals surface area contributed by atoms with Crippen LogP contribution >= 0.6 is 0 Å². The van der Waals surface area contributed by atoms with Crippen molar-refractivity contribution in [3.8, 4) is 11.5 Å². The van der Waals surface area contributed by atoms with Gasteiger partial charge in [0.25, 0.3) is 0 Å². The molecule has 1 aromatic heterocycles. The van der Waals surface area contributed by atoms with E-state index in [2.05, 4.69) is 157 Å². The molecule has 0 fully saturated rings. The van der Waals surface area contributed by atoms with E-state index in [-0.39, 0.29) is 27.3 Å². The minimum atomic E-state index is 0. The molecular formula is C56H49N3NiO2. The van der Waals surface area contributed by atoms with Crippen molar-refractivity contribution in [2.24, 2.45) is 9.98 Å². The first kappa shape index (κ1) is 42.2. The van der Waals surface area contributed by atoms with Gasteiger partial charge in [-0.25, -0.2) is 0 Å². The van der Waals surface area contributed by atoms with Crippen molar-refractivity contribution in [1.29, 1.82) is 0 Å². The first-order valence-electron chi connectivity index (χ1n) is 20.8. The molecule has 8 bridgehead atoms. The molecule has 6 heteroatoms. The molecule has 0 radical (unpaired) electrons. The van der Waals surface area contributed by atoms with Gasteiger partial charge in [0.2, 0.25) is 0 Å². The molecule has 0 amide bonds. The molecule has 3 aliphatic heterocycles. The largest absolute Gasteiger partial charge is 2.00 e. The smallest absolute Gasteiger partial charge is 0.657 e. The summed E-state index contributed by atoms with van der Waals surface area (Å²) in [5.74, 6) is 1.24. The number of rotatable bonds is 6. The van der Waals surface area contributed by atoms with Crippen molar-refractivity contribution in [3.05, 3.63) is 224 Å². The van der Waals surface area contributed by atoms with Gasteiger partial charge in [-0.05, 0) is 96.9 Å². The van der Waals surface area contributed by atoms with Gasteiger partial charge in [-0.3, -0.25) is 9.98 Å². The Bertz CT molecular complexity index is 2800. The summed E-state index contributed by atoms with van der Waals surface area (Å²) < 4.78 is 12.4. The second-order valence-corrected chi connectivity index (χ2v) is 17.7. The van der Waals surface area contributed by atoms with Crippen LogP contribution in [0.25, 0.3) is 22.3 Å². The van der Waals surface area contributed by atoms with Gasteiger partial charge in [-0.1, -0.05) is 174 Å². The maximum Gasteiger partial charge on any atom is 2.00 e. The van der Waals surface area contributed by atoms with Crippen LogP contribution in [0.4, 0.5) is 0 Å². The summed E-state index contributed by atoms with van der Waals surface area (Å²) in [7, 11) is 3.38. The van der Waals surface area contributed by atoms with E-state index in [0.29, 0.717) is 11.5 Å². The van der Waals surface area contributed by atoms with Gasteiger partial charge < -0.3 is 14.5 Å². The second kappa shape index (κ2) is 16.8. The van der Waals surface area contributed by atoms with Crippen LogP contribution in [0.3, 0.4) is 0 Å². The van der Waals surface area contributed by atoms with Crippen molar-refractivity contribution in [1.82, 2.24) is 4.98 Å². The zero-order valence-electron chi connectivity index (χ0n) is 36.4. The molecule has 0 N–H and O–H groups in total. The van der Waals surface area contributed by atoms with Gasteiger partial charge in [-0.15, -0.1) is 16.8 Å². The number of aliphatic imine (C=N–C) groups is 2. The summed E-state index contributed by atoms with van der Waals surface area (Å²) in [6.07, 6.45) is 8.41. The quantitative estimate of drug-likeness (QED) is 0.124. The van der Waals surface area contributed by atoms with E-state index >= 15 is 0 Å². The third-order valence-electron chi connectivity index (χ3n) is 11.6. The topological polar surface area (TPSA) is 57.3 Å². The Hall–Kier alpha value is -6.49. The number of nitrogens with zero attached hydrogens (tertiary/aromatic N) is 3. The van der Waals surface area contributed by atoms with Crippen LogP contribution in [0, 0.1) is 6.07 Å². The number of benzene rings is 5. The monoisotopic (exact) mass is 853 g/mol. The first-order chi connectivity index (χ1) is 29.4. The maximum absolute atomic E-state index is 6.18. The zero-order chi connectivity index (χ0) is 42.5. The van der Waals surface area contributed by atoms with E-state index < -0.39 is 0 Å². The average Bonchev–Trinajstić information content (AvgIpc) is 4.05. The molecule has 4 heterocycles. The Kier molecular flexibility index (Phi) is 11.4. The Morgan fingerprint density at radius 3 is 1.18 bits per heavy atom. The van der Waals surface area contributed by atoms with Gasteiger partial charge in [0.15, 0.2) is 0 Å². The number of methoxy groups -OCH3 is 2. The summed E-state index contributed by atoms with van der Waals surface area (Å²) in [6.45, 7) is 13.4. The molecule has 0 aliphatic carbocycles. The molecule has 3 aliphatic rings. The fourth-order valence-electron chi connectivity index (χ4n) is 8.30. The fourth-order valence-corrected chi connectivity index (χ4v) is 8.30. The van der Waals surface area contributed by atoms with Crippen molar-refractivity contribution < 1.29 is 26.0 Å². The summed E-state index contributed by atoms with van der Waals surface area (Å²) in [5.41, 5.74) is 15.0. The Morgan fingerprint density at radius 1 is 0.452 bits per heavy atom. The first-order valence-corrected chi connectivity index (χ1v) is 20.8. The Morgan fingerprint density at radius 2 is 0.823 bits per heavy atom. The molecule has 0 spiro atoms. The standard InChI is InChI=1S/C56H49N3O2.Ni/c1-55(2,3)39-23-19-37(20-24-39)53-45-29-27-43(57-45)51(35-15-11-9-12-16-35)41-33-42(50(61-8)34-49(41)60-7)52(36-17-13-10-14-18-36)44-28-30-46(58-44)54(48-32-31-47(53)59-48)38-21-25-40(26-22-38)56(4,5)6;/h9-32,34H,1-8H3;/q-2;+2. The molecule has 62 heavy (non-hydrogen) atoms. The molecule has 5 aromatic carbocycles. The van der Waals surface area contributed by atoms with Crippen LogP contribution in [-0.2, 0) is 27.3 Å². The summed E-state index contributed by atoms with van der Waals surface area (Å²) in [6, 6.07) is 48.4. The van der Waals surface area contributed by atoms with Crippen molar-refractivity contribution in [2.75, 3.05) is 14.2 Å². The van der Waals surface area contributed by atoms with E-state index in [4.69, 9.17) is 24.4 Å². The molecule has 0 unspecified atom stereocenters. The fraction of sp³-hybridized carbons (Fsp3) is 0.179. The normalized spacial score (nSPS) is 14.8. The number of ether oxygens (including phenoxy) is 2. The van der Waals surface area contributed by atoms with E-state index in [1.165, 1.54) is 11.1 Å². The van der Waals surface area contributed by atoms with Gasteiger partial charge >= 0.3 is 16.5 Å².